The fourth-order valence-electron chi connectivity index (χ4n) is 4.14. The number of carbonyl (C=O) groups is 1. The second kappa shape index (κ2) is 8.91. The zero-order chi connectivity index (χ0) is 20.3. The van der Waals surface area contributed by atoms with Gasteiger partial charge >= 0.3 is 0 Å². The molecular weight excluding hydrogens is 348 g/mol. The fourth-order valence-corrected chi connectivity index (χ4v) is 4.14. The lowest BCUT2D eigenvalue weighted by Gasteiger charge is -2.31. The lowest BCUT2D eigenvalue weighted by Crippen LogP contribution is -3.14. The molecule has 0 bridgehead atoms. The molecule has 0 spiro atoms. The maximum atomic E-state index is 13.6. The van der Waals surface area contributed by atoms with Crippen molar-refractivity contribution >= 4 is 5.91 Å². The van der Waals surface area contributed by atoms with Gasteiger partial charge in [0.05, 0.1) is 55.4 Å². The Kier molecular flexibility index (Phi) is 6.55. The molecule has 0 radical (unpaired) electrons. The topological polar surface area (TPSA) is 42.6 Å². The van der Waals surface area contributed by atoms with E-state index in [0.717, 1.165) is 68.2 Å². The SMILES string of the molecule is CCc1c(C(=O)N2CC[NH+](CC)CC2)c(CC(C)C)nn1-c1ccccc1C. The molecule has 1 fully saturated rings. The van der Waals surface area contributed by atoms with Gasteiger partial charge in [-0.15, -0.1) is 0 Å². The van der Waals surface area contributed by atoms with Gasteiger partial charge in [0, 0.05) is 0 Å². The highest BCUT2D eigenvalue weighted by molar-refractivity contribution is 5.97. The standard InChI is InChI=1S/C23H34N4O/c1-6-20-22(23(28)26-14-12-25(7-2)13-15-26)19(16-17(3)4)24-27(20)21-11-9-8-10-18(21)5/h8-11,17H,6-7,12-16H2,1-5H3/p+1. The van der Waals surface area contributed by atoms with Gasteiger partial charge in [0.2, 0.25) is 0 Å². The van der Waals surface area contributed by atoms with Gasteiger partial charge < -0.3 is 9.80 Å². The van der Waals surface area contributed by atoms with Gasteiger partial charge in [-0.1, -0.05) is 39.0 Å². The summed E-state index contributed by atoms with van der Waals surface area (Å²) in [6.07, 6.45) is 1.62. The molecule has 1 aliphatic heterocycles. The van der Waals surface area contributed by atoms with E-state index in [-0.39, 0.29) is 5.91 Å². The molecule has 5 nitrogen and oxygen atoms in total. The number of para-hydroxylation sites is 1. The second-order valence-corrected chi connectivity index (χ2v) is 8.31. The molecule has 5 heteroatoms. The molecule has 2 aromatic rings. The van der Waals surface area contributed by atoms with Gasteiger partial charge in [-0.25, -0.2) is 4.68 Å². The number of quaternary nitrogens is 1. The van der Waals surface area contributed by atoms with Crippen molar-refractivity contribution in [3.63, 3.8) is 0 Å². The Morgan fingerprint density at radius 1 is 1.18 bits per heavy atom. The average Bonchev–Trinajstić information content (AvgIpc) is 3.05. The first-order valence-corrected chi connectivity index (χ1v) is 10.8. The van der Waals surface area contributed by atoms with E-state index in [1.54, 1.807) is 4.90 Å². The molecule has 1 N–H and O–H groups in total. The highest BCUT2D eigenvalue weighted by atomic mass is 16.2. The van der Waals surface area contributed by atoms with Crippen LogP contribution in [-0.4, -0.2) is 53.3 Å². The third-order valence-electron chi connectivity index (χ3n) is 5.81. The van der Waals surface area contributed by atoms with Crippen molar-refractivity contribution in [2.45, 2.75) is 47.5 Å². The number of benzene rings is 1. The number of rotatable bonds is 6. The minimum atomic E-state index is 0.169. The number of carbonyl (C=O) groups excluding carboxylic acids is 1. The van der Waals surface area contributed by atoms with Crippen LogP contribution in [0, 0.1) is 12.8 Å². The smallest absolute Gasteiger partial charge is 0.258 e. The lowest BCUT2D eigenvalue weighted by atomic mass is 10.0. The largest absolute Gasteiger partial charge is 0.332 e. The molecule has 1 saturated heterocycles. The number of likely N-dealkylation sites (N-methyl/N-ethyl adjacent to an activating group) is 1. The zero-order valence-corrected chi connectivity index (χ0v) is 18.1. The Morgan fingerprint density at radius 2 is 1.86 bits per heavy atom. The maximum absolute atomic E-state index is 13.6. The van der Waals surface area contributed by atoms with Gasteiger partial charge in [-0.2, -0.15) is 5.10 Å². The number of hydrogen-bond acceptors (Lipinski definition) is 2. The van der Waals surface area contributed by atoms with E-state index in [1.807, 2.05) is 21.7 Å². The van der Waals surface area contributed by atoms with Crippen LogP contribution in [0.25, 0.3) is 5.69 Å². The van der Waals surface area contributed by atoms with Crippen LogP contribution in [0.5, 0.6) is 0 Å². The van der Waals surface area contributed by atoms with Crippen LogP contribution in [0.4, 0.5) is 0 Å². The van der Waals surface area contributed by atoms with Crippen molar-refractivity contribution in [2.24, 2.45) is 5.92 Å². The van der Waals surface area contributed by atoms with Crippen LogP contribution >= 0.6 is 0 Å². The number of aryl methyl sites for hydroxylation is 1. The summed E-state index contributed by atoms with van der Waals surface area (Å²) in [4.78, 5) is 17.2. The zero-order valence-electron chi connectivity index (χ0n) is 18.1. The van der Waals surface area contributed by atoms with E-state index in [2.05, 4.69) is 46.8 Å². The molecule has 1 amide bonds. The van der Waals surface area contributed by atoms with E-state index in [9.17, 15) is 4.79 Å². The summed E-state index contributed by atoms with van der Waals surface area (Å²) in [5.41, 5.74) is 5.09. The number of aromatic nitrogens is 2. The van der Waals surface area contributed by atoms with Crippen LogP contribution in [0.1, 0.15) is 55.0 Å². The summed E-state index contributed by atoms with van der Waals surface area (Å²) in [7, 11) is 0. The Bertz CT molecular complexity index is 816. The van der Waals surface area contributed by atoms with E-state index >= 15 is 0 Å². The Balaban J connectivity index is 2.03. The van der Waals surface area contributed by atoms with E-state index in [1.165, 1.54) is 5.56 Å². The third kappa shape index (κ3) is 4.14. The molecular formula is C23H35N4O+. The summed E-state index contributed by atoms with van der Waals surface area (Å²) in [6.45, 7) is 15.7. The van der Waals surface area contributed by atoms with Crippen LogP contribution in [0.15, 0.2) is 24.3 Å². The molecule has 0 atom stereocenters. The van der Waals surface area contributed by atoms with Crippen LogP contribution in [0.2, 0.25) is 0 Å². The van der Waals surface area contributed by atoms with Crippen LogP contribution in [0.3, 0.4) is 0 Å². The van der Waals surface area contributed by atoms with Gasteiger partial charge in [-0.05, 0) is 44.2 Å². The molecule has 0 aliphatic carbocycles. The van der Waals surface area contributed by atoms with Gasteiger partial charge in [0.15, 0.2) is 0 Å². The molecule has 1 aromatic carbocycles. The Morgan fingerprint density at radius 3 is 2.43 bits per heavy atom. The van der Waals surface area contributed by atoms with Gasteiger partial charge in [0.1, 0.15) is 0 Å². The quantitative estimate of drug-likeness (QED) is 0.832. The molecule has 2 heterocycles. The summed E-state index contributed by atoms with van der Waals surface area (Å²) < 4.78 is 2.02. The lowest BCUT2D eigenvalue weighted by molar-refractivity contribution is -0.902. The predicted octanol–water partition coefficient (Wildman–Crippen LogP) is 2.30. The van der Waals surface area contributed by atoms with Crippen molar-refractivity contribution in [1.82, 2.24) is 14.7 Å². The van der Waals surface area contributed by atoms with Gasteiger partial charge in [-0.3, -0.25) is 4.79 Å². The highest BCUT2D eigenvalue weighted by Gasteiger charge is 2.30. The minimum Gasteiger partial charge on any atom is -0.332 e. The minimum absolute atomic E-state index is 0.169. The summed E-state index contributed by atoms with van der Waals surface area (Å²) >= 11 is 0. The molecule has 1 aromatic heterocycles. The fraction of sp³-hybridized carbons (Fsp3) is 0.565. The molecule has 1 aliphatic rings. The maximum Gasteiger partial charge on any atom is 0.258 e. The molecule has 0 unspecified atom stereocenters. The highest BCUT2D eigenvalue weighted by Crippen LogP contribution is 2.25. The summed E-state index contributed by atoms with van der Waals surface area (Å²) in [6, 6.07) is 8.29. The first-order valence-electron chi connectivity index (χ1n) is 10.8. The second-order valence-electron chi connectivity index (χ2n) is 8.31. The van der Waals surface area contributed by atoms with Gasteiger partial charge in [0.25, 0.3) is 5.91 Å². The Labute approximate surface area is 169 Å². The van der Waals surface area contributed by atoms with Crippen molar-refractivity contribution in [3.05, 3.63) is 46.8 Å². The summed E-state index contributed by atoms with van der Waals surface area (Å²) in [5, 5.41) is 4.96. The molecule has 0 saturated carbocycles. The predicted molar refractivity (Wildman–Crippen MR) is 113 cm³/mol. The molecule has 28 heavy (non-hydrogen) atoms. The third-order valence-corrected chi connectivity index (χ3v) is 5.81. The van der Waals surface area contributed by atoms with Crippen molar-refractivity contribution in [2.75, 3.05) is 32.7 Å². The van der Waals surface area contributed by atoms with E-state index in [4.69, 9.17) is 5.10 Å². The van der Waals surface area contributed by atoms with Crippen molar-refractivity contribution in [3.8, 4) is 5.69 Å². The van der Waals surface area contributed by atoms with Crippen LogP contribution < -0.4 is 4.90 Å². The number of nitrogens with zero attached hydrogens (tertiary/aromatic N) is 3. The van der Waals surface area contributed by atoms with Crippen molar-refractivity contribution < 1.29 is 9.69 Å². The molecule has 152 valence electrons. The monoisotopic (exact) mass is 383 g/mol. The summed E-state index contributed by atoms with van der Waals surface area (Å²) in [5.74, 6) is 0.625. The number of amides is 1. The number of piperazine rings is 1. The first-order chi connectivity index (χ1) is 13.5. The number of nitrogens with one attached hydrogen (secondary N) is 1. The first kappa shape index (κ1) is 20.6. The van der Waals surface area contributed by atoms with E-state index in [0.29, 0.717) is 5.92 Å². The molecule has 3 rings (SSSR count). The number of hydrogen-bond donors (Lipinski definition) is 1. The Hall–Kier alpha value is -2.14. The van der Waals surface area contributed by atoms with Crippen LogP contribution in [-0.2, 0) is 12.8 Å². The normalized spacial score (nSPS) is 15.4. The van der Waals surface area contributed by atoms with E-state index < -0.39 is 0 Å². The average molecular weight is 384 g/mol. The van der Waals surface area contributed by atoms with Crippen molar-refractivity contribution in [1.29, 1.82) is 0 Å².